The van der Waals surface area contributed by atoms with Gasteiger partial charge in [-0.1, -0.05) is 0 Å². The van der Waals surface area contributed by atoms with Gasteiger partial charge in [0.15, 0.2) is 11.5 Å². The largest absolute Gasteiger partial charge is 0.493 e. The lowest BCUT2D eigenvalue weighted by atomic mass is 9.98. The third-order valence-corrected chi connectivity index (χ3v) is 3.78. The van der Waals surface area contributed by atoms with Crippen LogP contribution in [0.15, 0.2) is 18.2 Å². The zero-order valence-electron chi connectivity index (χ0n) is 13.8. The van der Waals surface area contributed by atoms with Crippen LogP contribution in [-0.2, 0) is 9.53 Å². The highest BCUT2D eigenvalue weighted by Crippen LogP contribution is 2.29. The molecule has 1 aliphatic heterocycles. The van der Waals surface area contributed by atoms with Crippen LogP contribution in [0.25, 0.3) is 0 Å². The summed E-state index contributed by atoms with van der Waals surface area (Å²) in [6, 6.07) is 6.59. The first-order valence-corrected chi connectivity index (χ1v) is 7.80. The van der Waals surface area contributed by atoms with Gasteiger partial charge in [0.2, 0.25) is 0 Å². The molecule has 1 heterocycles. The van der Waals surface area contributed by atoms with Crippen LogP contribution in [0.2, 0.25) is 0 Å². The van der Waals surface area contributed by atoms with Gasteiger partial charge in [0.1, 0.15) is 0 Å². The van der Waals surface area contributed by atoms with Gasteiger partial charge in [-0.3, -0.25) is 4.79 Å². The van der Waals surface area contributed by atoms with E-state index in [0.29, 0.717) is 37.3 Å². The summed E-state index contributed by atoms with van der Waals surface area (Å²) in [5, 5.41) is 8.90. The molecule has 128 valence electrons. The van der Waals surface area contributed by atoms with Crippen LogP contribution in [0.1, 0.15) is 25.3 Å². The van der Waals surface area contributed by atoms with Crippen molar-refractivity contribution in [2.24, 2.45) is 5.92 Å². The van der Waals surface area contributed by atoms with Crippen molar-refractivity contribution in [3.8, 4) is 17.6 Å². The molecule has 0 bridgehead atoms. The van der Waals surface area contributed by atoms with Gasteiger partial charge in [0, 0.05) is 19.2 Å². The van der Waals surface area contributed by atoms with Crippen molar-refractivity contribution < 1.29 is 23.8 Å². The lowest BCUT2D eigenvalue weighted by Gasteiger charge is -2.30. The van der Waals surface area contributed by atoms with Crippen LogP contribution >= 0.6 is 0 Å². The Morgan fingerprint density at radius 3 is 2.83 bits per heavy atom. The maximum Gasteiger partial charge on any atom is 0.409 e. The van der Waals surface area contributed by atoms with Gasteiger partial charge in [-0.05, 0) is 31.9 Å². The molecule has 1 atom stereocenters. The highest BCUT2D eigenvalue weighted by molar-refractivity contribution is 5.77. The first-order valence-electron chi connectivity index (χ1n) is 7.80. The highest BCUT2D eigenvalue weighted by atomic mass is 16.6. The van der Waals surface area contributed by atoms with E-state index in [-0.39, 0.29) is 12.3 Å². The van der Waals surface area contributed by atoms with Crippen LogP contribution in [0.4, 0.5) is 4.79 Å². The minimum absolute atomic E-state index is 0.259. The predicted molar refractivity (Wildman–Crippen MR) is 84.7 cm³/mol. The molecular weight excluding hydrogens is 312 g/mol. The molecule has 2 rings (SSSR count). The molecule has 1 fully saturated rings. The number of carbonyl (C=O) groups excluding carboxylic acids is 2. The van der Waals surface area contributed by atoms with Crippen molar-refractivity contribution >= 4 is 12.1 Å². The molecule has 7 nitrogen and oxygen atoms in total. The quantitative estimate of drug-likeness (QED) is 0.621. The number of piperidine rings is 1. The first kappa shape index (κ1) is 17.6. The van der Waals surface area contributed by atoms with Crippen molar-refractivity contribution in [3.05, 3.63) is 23.8 Å². The van der Waals surface area contributed by atoms with Crippen molar-refractivity contribution in [3.63, 3.8) is 0 Å². The molecule has 1 aromatic rings. The molecule has 0 N–H and O–H groups in total. The van der Waals surface area contributed by atoms with E-state index in [4.69, 9.17) is 19.5 Å². The number of hydrogen-bond donors (Lipinski definition) is 0. The van der Waals surface area contributed by atoms with Crippen LogP contribution in [-0.4, -0.2) is 43.8 Å². The van der Waals surface area contributed by atoms with E-state index in [2.05, 4.69) is 0 Å². The second-order valence-electron chi connectivity index (χ2n) is 5.38. The normalized spacial score (nSPS) is 16.9. The number of amides is 1. The third kappa shape index (κ3) is 4.16. The van der Waals surface area contributed by atoms with Gasteiger partial charge in [0.25, 0.3) is 0 Å². The Bertz CT molecular complexity index is 653. The molecule has 0 spiro atoms. The number of ether oxygens (including phenoxy) is 3. The zero-order valence-corrected chi connectivity index (χ0v) is 13.8. The number of rotatable bonds is 4. The molecule has 1 unspecified atom stereocenters. The number of methoxy groups -OCH3 is 1. The van der Waals surface area contributed by atoms with Crippen molar-refractivity contribution in [2.45, 2.75) is 19.8 Å². The Morgan fingerprint density at radius 2 is 2.17 bits per heavy atom. The molecule has 24 heavy (non-hydrogen) atoms. The Labute approximate surface area is 140 Å². The van der Waals surface area contributed by atoms with Crippen molar-refractivity contribution in [2.75, 3.05) is 26.8 Å². The fourth-order valence-electron chi connectivity index (χ4n) is 2.56. The van der Waals surface area contributed by atoms with Gasteiger partial charge in [-0.25, -0.2) is 4.79 Å². The standard InChI is InChI=1S/C17H20N2O5/c1-3-23-17(21)19-8-4-5-13(11-19)16(20)24-14-7-6-12(10-18)9-15(14)22-2/h6-7,9,13H,3-5,8,11H2,1-2H3. The molecule has 0 aliphatic carbocycles. The number of likely N-dealkylation sites (tertiary alicyclic amines) is 1. The summed E-state index contributed by atoms with van der Waals surface area (Å²) in [5.74, 6) is -0.259. The lowest BCUT2D eigenvalue weighted by molar-refractivity contribution is -0.140. The lowest BCUT2D eigenvalue weighted by Crippen LogP contribution is -2.43. The number of nitrogens with zero attached hydrogens (tertiary/aromatic N) is 2. The van der Waals surface area contributed by atoms with E-state index in [9.17, 15) is 9.59 Å². The van der Waals surface area contributed by atoms with E-state index in [1.807, 2.05) is 6.07 Å². The molecule has 1 amide bonds. The summed E-state index contributed by atoms with van der Waals surface area (Å²) < 4.78 is 15.5. The fourth-order valence-corrected chi connectivity index (χ4v) is 2.56. The van der Waals surface area contributed by atoms with E-state index in [0.717, 1.165) is 0 Å². The second-order valence-corrected chi connectivity index (χ2v) is 5.38. The van der Waals surface area contributed by atoms with Crippen LogP contribution in [0, 0.1) is 17.2 Å². The predicted octanol–water partition coefficient (Wildman–Crippen LogP) is 2.34. The Morgan fingerprint density at radius 1 is 1.38 bits per heavy atom. The maximum absolute atomic E-state index is 12.4. The first-order chi connectivity index (χ1) is 11.6. The fraction of sp³-hybridized carbons (Fsp3) is 0.471. The van der Waals surface area contributed by atoms with Crippen LogP contribution < -0.4 is 9.47 Å². The van der Waals surface area contributed by atoms with E-state index < -0.39 is 18.0 Å². The molecular formula is C17H20N2O5. The van der Waals surface area contributed by atoms with Gasteiger partial charge < -0.3 is 19.1 Å². The Kier molecular flexibility index (Phi) is 6.01. The second kappa shape index (κ2) is 8.20. The maximum atomic E-state index is 12.4. The Hall–Kier alpha value is -2.75. The van der Waals surface area contributed by atoms with Gasteiger partial charge in [0.05, 0.1) is 31.3 Å². The topological polar surface area (TPSA) is 88.9 Å². The Balaban J connectivity index is 2.04. The minimum Gasteiger partial charge on any atom is -0.493 e. The molecule has 0 radical (unpaired) electrons. The molecule has 1 aliphatic rings. The monoisotopic (exact) mass is 332 g/mol. The van der Waals surface area contributed by atoms with Gasteiger partial charge in [-0.15, -0.1) is 0 Å². The van der Waals surface area contributed by atoms with Crippen molar-refractivity contribution in [1.82, 2.24) is 4.90 Å². The summed E-state index contributed by atoms with van der Waals surface area (Å²) in [5.41, 5.74) is 0.415. The third-order valence-electron chi connectivity index (χ3n) is 3.78. The zero-order chi connectivity index (χ0) is 17.5. The summed E-state index contributed by atoms with van der Waals surface area (Å²) in [6.07, 6.45) is 0.946. The SMILES string of the molecule is CCOC(=O)N1CCCC(C(=O)Oc2ccc(C#N)cc2OC)C1. The molecule has 0 saturated carbocycles. The smallest absolute Gasteiger partial charge is 0.409 e. The minimum atomic E-state index is -0.424. The van der Waals surface area contributed by atoms with Crippen LogP contribution in [0.3, 0.4) is 0 Å². The van der Waals surface area contributed by atoms with Gasteiger partial charge >= 0.3 is 12.1 Å². The van der Waals surface area contributed by atoms with E-state index in [1.54, 1.807) is 13.0 Å². The van der Waals surface area contributed by atoms with Crippen LogP contribution in [0.5, 0.6) is 11.5 Å². The van der Waals surface area contributed by atoms with E-state index >= 15 is 0 Å². The summed E-state index contributed by atoms with van der Waals surface area (Å²) in [4.78, 5) is 25.7. The van der Waals surface area contributed by atoms with Gasteiger partial charge in [-0.2, -0.15) is 5.26 Å². The summed E-state index contributed by atoms with van der Waals surface area (Å²) in [7, 11) is 1.44. The number of esters is 1. The number of nitriles is 1. The van der Waals surface area contributed by atoms with E-state index in [1.165, 1.54) is 24.1 Å². The molecule has 1 saturated heterocycles. The highest BCUT2D eigenvalue weighted by Gasteiger charge is 2.30. The number of benzene rings is 1. The average Bonchev–Trinajstić information content (AvgIpc) is 2.62. The molecule has 0 aromatic heterocycles. The molecule has 1 aromatic carbocycles. The summed E-state index contributed by atoms with van der Waals surface area (Å²) >= 11 is 0. The summed E-state index contributed by atoms with van der Waals surface area (Å²) in [6.45, 7) is 2.89. The average molecular weight is 332 g/mol. The number of carbonyl (C=O) groups is 2. The van der Waals surface area contributed by atoms with Crippen molar-refractivity contribution in [1.29, 1.82) is 5.26 Å². The molecule has 7 heteroatoms. The number of hydrogen-bond acceptors (Lipinski definition) is 6.